The predicted molar refractivity (Wildman–Crippen MR) is 66.3 cm³/mol. The number of nitrogens with two attached hydrogens (primary N) is 1. The van der Waals surface area contributed by atoms with Crippen molar-refractivity contribution in [1.29, 1.82) is 0 Å². The molecule has 0 bridgehead atoms. The lowest BCUT2D eigenvalue weighted by atomic mass is 9.83. The van der Waals surface area contributed by atoms with Crippen molar-refractivity contribution in [1.82, 2.24) is 4.90 Å². The Kier molecular flexibility index (Phi) is 2.99. The van der Waals surface area contributed by atoms with Gasteiger partial charge < -0.3 is 15.7 Å². The Balaban J connectivity index is 1.79. The van der Waals surface area contributed by atoms with Crippen LogP contribution in [0.15, 0.2) is 0 Å². The normalized spacial score (nSPS) is 25.4. The number of amides is 1. The summed E-state index contributed by atoms with van der Waals surface area (Å²) in [7, 11) is 0. The smallest absolute Gasteiger partial charge is 0.224 e. The Morgan fingerprint density at radius 2 is 2.00 bits per heavy atom. The van der Waals surface area contributed by atoms with Crippen molar-refractivity contribution in [2.45, 2.75) is 51.7 Å². The molecule has 98 valence electrons. The third-order valence-electron chi connectivity index (χ3n) is 4.13. The molecule has 4 nitrogen and oxygen atoms in total. The highest BCUT2D eigenvalue weighted by molar-refractivity contribution is 5.78. The minimum atomic E-state index is -0.582. The van der Waals surface area contributed by atoms with E-state index in [0.717, 1.165) is 12.8 Å². The van der Waals surface area contributed by atoms with Crippen LogP contribution in [-0.4, -0.2) is 40.6 Å². The number of rotatable bonds is 3. The molecule has 0 aromatic heterocycles. The summed E-state index contributed by atoms with van der Waals surface area (Å²) in [5.41, 5.74) is 5.37. The van der Waals surface area contributed by atoms with Gasteiger partial charge in [0.2, 0.25) is 5.91 Å². The van der Waals surface area contributed by atoms with Crippen LogP contribution in [0, 0.1) is 11.3 Å². The highest BCUT2D eigenvalue weighted by Crippen LogP contribution is 2.44. The summed E-state index contributed by atoms with van der Waals surface area (Å²) < 4.78 is 0. The molecule has 1 heterocycles. The van der Waals surface area contributed by atoms with Crippen molar-refractivity contribution < 1.29 is 9.90 Å². The lowest BCUT2D eigenvalue weighted by molar-refractivity contribution is -0.160. The Morgan fingerprint density at radius 3 is 2.41 bits per heavy atom. The average molecular weight is 240 g/mol. The van der Waals surface area contributed by atoms with Gasteiger partial charge in [0.25, 0.3) is 0 Å². The van der Waals surface area contributed by atoms with E-state index in [4.69, 9.17) is 5.73 Å². The summed E-state index contributed by atoms with van der Waals surface area (Å²) in [5, 5.41) is 10.1. The van der Waals surface area contributed by atoms with E-state index in [1.807, 2.05) is 20.8 Å². The molecule has 1 unspecified atom stereocenters. The van der Waals surface area contributed by atoms with Crippen molar-refractivity contribution in [2.75, 3.05) is 13.1 Å². The van der Waals surface area contributed by atoms with E-state index >= 15 is 0 Å². The van der Waals surface area contributed by atoms with Crippen molar-refractivity contribution in [3.05, 3.63) is 0 Å². The Bertz CT molecular complexity index is 312. The summed E-state index contributed by atoms with van der Waals surface area (Å²) >= 11 is 0. The summed E-state index contributed by atoms with van der Waals surface area (Å²) in [6.45, 7) is 7.14. The molecule has 2 rings (SSSR count). The third kappa shape index (κ3) is 2.63. The number of nitrogens with zero attached hydrogens (tertiary/aromatic N) is 1. The quantitative estimate of drug-likeness (QED) is 0.764. The van der Waals surface area contributed by atoms with E-state index in [0.29, 0.717) is 25.4 Å². The maximum absolute atomic E-state index is 11.9. The number of aliphatic hydroxyl groups is 1. The zero-order chi connectivity index (χ0) is 12.8. The van der Waals surface area contributed by atoms with E-state index in [1.165, 1.54) is 0 Å². The standard InChI is InChI=1S/C13H24N2O2/c1-12(2,3)10(14)6-11(16)15-7-13(17,8-15)9-4-5-9/h9-10,17H,4-8,14H2,1-3H3. The Morgan fingerprint density at radius 1 is 1.47 bits per heavy atom. The van der Waals surface area contributed by atoms with Gasteiger partial charge in [0.15, 0.2) is 0 Å². The molecule has 2 fully saturated rings. The number of carbonyl (C=O) groups excluding carboxylic acids is 1. The monoisotopic (exact) mass is 240 g/mol. The van der Waals surface area contributed by atoms with Crippen LogP contribution in [0.5, 0.6) is 0 Å². The topological polar surface area (TPSA) is 66.6 Å². The molecular weight excluding hydrogens is 216 g/mol. The van der Waals surface area contributed by atoms with Crippen LogP contribution in [0.2, 0.25) is 0 Å². The number of β-amino-alcohol motifs (C(OH)–C–C–N with tert-alkyl or cyclic N) is 1. The van der Waals surface area contributed by atoms with Crippen molar-refractivity contribution in [2.24, 2.45) is 17.1 Å². The molecule has 1 aliphatic heterocycles. The van der Waals surface area contributed by atoms with Crippen LogP contribution in [0.1, 0.15) is 40.0 Å². The third-order valence-corrected chi connectivity index (χ3v) is 4.13. The van der Waals surface area contributed by atoms with Crippen molar-refractivity contribution in [3.63, 3.8) is 0 Å². The Labute approximate surface area is 103 Å². The minimum absolute atomic E-state index is 0.0483. The molecule has 17 heavy (non-hydrogen) atoms. The molecule has 1 saturated heterocycles. The first-order valence-corrected chi connectivity index (χ1v) is 6.48. The zero-order valence-electron chi connectivity index (χ0n) is 11.1. The molecule has 1 saturated carbocycles. The number of carbonyl (C=O) groups is 1. The maximum Gasteiger partial charge on any atom is 0.224 e. The highest BCUT2D eigenvalue weighted by Gasteiger charge is 2.53. The fraction of sp³-hybridized carbons (Fsp3) is 0.923. The molecule has 2 aliphatic rings. The minimum Gasteiger partial charge on any atom is -0.386 e. The molecule has 4 heteroatoms. The highest BCUT2D eigenvalue weighted by atomic mass is 16.3. The van der Waals surface area contributed by atoms with Gasteiger partial charge in [0, 0.05) is 12.5 Å². The van der Waals surface area contributed by atoms with E-state index in [9.17, 15) is 9.90 Å². The van der Waals surface area contributed by atoms with E-state index in [2.05, 4.69) is 0 Å². The summed E-state index contributed by atoms with van der Waals surface area (Å²) in [5.74, 6) is 0.514. The largest absolute Gasteiger partial charge is 0.386 e. The molecule has 3 N–H and O–H groups in total. The molecule has 1 atom stereocenters. The van der Waals surface area contributed by atoms with E-state index < -0.39 is 5.60 Å². The van der Waals surface area contributed by atoms with Crippen LogP contribution < -0.4 is 5.73 Å². The van der Waals surface area contributed by atoms with Crippen LogP contribution in [0.3, 0.4) is 0 Å². The second-order valence-corrected chi connectivity index (χ2v) is 6.80. The summed E-state index contributed by atoms with van der Waals surface area (Å²) in [6, 6.07) is -0.121. The molecular formula is C13H24N2O2. The molecule has 1 aliphatic carbocycles. The maximum atomic E-state index is 11.9. The van der Waals surface area contributed by atoms with E-state index in [-0.39, 0.29) is 17.4 Å². The zero-order valence-corrected chi connectivity index (χ0v) is 11.1. The number of hydrogen-bond acceptors (Lipinski definition) is 3. The van der Waals surface area contributed by atoms with Crippen LogP contribution in [0.25, 0.3) is 0 Å². The number of likely N-dealkylation sites (tertiary alicyclic amines) is 1. The number of hydrogen-bond donors (Lipinski definition) is 2. The van der Waals surface area contributed by atoms with Gasteiger partial charge in [-0.25, -0.2) is 0 Å². The first kappa shape index (κ1) is 12.8. The lowest BCUT2D eigenvalue weighted by Crippen LogP contribution is -2.65. The van der Waals surface area contributed by atoms with Gasteiger partial charge in [-0.3, -0.25) is 4.79 Å². The van der Waals surface area contributed by atoms with Gasteiger partial charge in [-0.15, -0.1) is 0 Å². The first-order chi connectivity index (χ1) is 7.72. The van der Waals surface area contributed by atoms with Gasteiger partial charge in [0.1, 0.15) is 5.60 Å². The first-order valence-electron chi connectivity index (χ1n) is 6.48. The van der Waals surface area contributed by atoms with Crippen molar-refractivity contribution >= 4 is 5.91 Å². The second-order valence-electron chi connectivity index (χ2n) is 6.80. The predicted octanol–water partition coefficient (Wildman–Crippen LogP) is 0.733. The van der Waals surface area contributed by atoms with Crippen LogP contribution >= 0.6 is 0 Å². The molecule has 1 amide bonds. The second kappa shape index (κ2) is 3.95. The van der Waals surface area contributed by atoms with Crippen LogP contribution in [-0.2, 0) is 4.79 Å². The molecule has 0 aromatic rings. The van der Waals surface area contributed by atoms with Crippen LogP contribution in [0.4, 0.5) is 0 Å². The molecule has 0 spiro atoms. The lowest BCUT2D eigenvalue weighted by Gasteiger charge is -2.47. The van der Waals surface area contributed by atoms with E-state index in [1.54, 1.807) is 4.90 Å². The van der Waals surface area contributed by atoms with Gasteiger partial charge >= 0.3 is 0 Å². The SMILES string of the molecule is CC(C)(C)C(N)CC(=O)N1CC(O)(C2CC2)C1. The van der Waals surface area contributed by atoms with Gasteiger partial charge in [-0.1, -0.05) is 20.8 Å². The summed E-state index contributed by atoms with van der Waals surface area (Å²) in [4.78, 5) is 13.7. The van der Waals surface area contributed by atoms with Gasteiger partial charge in [-0.2, -0.15) is 0 Å². The fourth-order valence-electron chi connectivity index (χ4n) is 2.29. The molecule has 0 radical (unpaired) electrons. The summed E-state index contributed by atoms with van der Waals surface area (Å²) in [6.07, 6.45) is 2.60. The Hall–Kier alpha value is -0.610. The van der Waals surface area contributed by atoms with Crippen molar-refractivity contribution in [3.8, 4) is 0 Å². The van der Waals surface area contributed by atoms with Gasteiger partial charge in [0.05, 0.1) is 13.1 Å². The average Bonchev–Trinajstić information content (AvgIpc) is 2.93. The molecule has 0 aromatic carbocycles. The van der Waals surface area contributed by atoms with Gasteiger partial charge in [-0.05, 0) is 24.2 Å². The fourth-order valence-corrected chi connectivity index (χ4v) is 2.29.